The zero-order valence-corrected chi connectivity index (χ0v) is 19.1. The van der Waals surface area contributed by atoms with E-state index in [2.05, 4.69) is 24.9 Å². The fourth-order valence-electron chi connectivity index (χ4n) is 4.49. The van der Waals surface area contributed by atoms with Crippen LogP contribution in [0.1, 0.15) is 25.0 Å². The first-order valence-corrected chi connectivity index (χ1v) is 10.7. The topological polar surface area (TPSA) is 49.2 Å². The van der Waals surface area contributed by atoms with Crippen molar-refractivity contribution in [2.45, 2.75) is 26.2 Å². The van der Waals surface area contributed by atoms with E-state index < -0.39 is 23.0 Å². The molecule has 174 valence electrons. The van der Waals surface area contributed by atoms with E-state index in [1.807, 2.05) is 24.3 Å². The molecule has 0 spiro atoms. The summed E-state index contributed by atoms with van der Waals surface area (Å²) in [5.41, 5.74) is 2.11. The second kappa shape index (κ2) is 9.35. The minimum Gasteiger partial charge on any atom is -0.372 e. The highest BCUT2D eigenvalue weighted by atomic mass is 35.5. The van der Waals surface area contributed by atoms with Crippen LogP contribution in [0.5, 0.6) is 0 Å². The van der Waals surface area contributed by atoms with Crippen LogP contribution in [-0.2, 0) is 0 Å². The van der Waals surface area contributed by atoms with Gasteiger partial charge in [-0.15, -0.1) is 12.4 Å². The SMILES string of the molecule is Cl.[C-]#[N+]c1c(-c2c(F)ccc(F)c2F)nc2n[nH]c(C)c2c1-c1ccc(N2CCCCC2)cc1. The molecule has 0 amide bonds. The molecule has 5 rings (SSSR count). The molecule has 3 heterocycles. The average molecular weight is 484 g/mol. The summed E-state index contributed by atoms with van der Waals surface area (Å²) in [5.74, 6) is -3.59. The van der Waals surface area contributed by atoms with Crippen molar-refractivity contribution in [3.8, 4) is 22.4 Å². The Morgan fingerprint density at radius 1 is 0.941 bits per heavy atom. The van der Waals surface area contributed by atoms with Crippen LogP contribution in [0.25, 0.3) is 38.3 Å². The van der Waals surface area contributed by atoms with Crippen molar-refractivity contribution in [3.05, 3.63) is 71.0 Å². The zero-order valence-electron chi connectivity index (χ0n) is 18.3. The number of pyridine rings is 1. The summed E-state index contributed by atoms with van der Waals surface area (Å²) in [6.45, 7) is 11.6. The Hall–Kier alpha value is -3.57. The van der Waals surface area contributed by atoms with Gasteiger partial charge in [-0.3, -0.25) is 5.10 Å². The van der Waals surface area contributed by atoms with Gasteiger partial charge in [0, 0.05) is 35.4 Å². The molecule has 1 aliphatic rings. The van der Waals surface area contributed by atoms with E-state index in [4.69, 9.17) is 6.57 Å². The Balaban J connectivity index is 0.00000274. The molecule has 9 heteroatoms. The summed E-state index contributed by atoms with van der Waals surface area (Å²) in [5, 5.41) is 7.58. The molecule has 0 unspecified atom stereocenters. The number of aromatic nitrogens is 3. The third kappa shape index (κ3) is 3.86. The van der Waals surface area contributed by atoms with Crippen molar-refractivity contribution in [2.24, 2.45) is 0 Å². The monoisotopic (exact) mass is 483 g/mol. The molecule has 1 N–H and O–H groups in total. The van der Waals surface area contributed by atoms with Crippen molar-refractivity contribution in [2.75, 3.05) is 18.0 Å². The maximum atomic E-state index is 14.7. The minimum absolute atomic E-state index is 0. The highest BCUT2D eigenvalue weighted by Crippen LogP contribution is 2.45. The van der Waals surface area contributed by atoms with Gasteiger partial charge in [-0.2, -0.15) is 5.10 Å². The van der Waals surface area contributed by atoms with E-state index in [1.165, 1.54) is 6.42 Å². The number of piperidine rings is 1. The Kier molecular flexibility index (Phi) is 6.49. The van der Waals surface area contributed by atoms with Crippen LogP contribution in [0, 0.1) is 30.9 Å². The van der Waals surface area contributed by atoms with Gasteiger partial charge in [0.15, 0.2) is 17.3 Å². The first-order chi connectivity index (χ1) is 16.0. The maximum absolute atomic E-state index is 14.7. The van der Waals surface area contributed by atoms with Crippen molar-refractivity contribution in [1.82, 2.24) is 15.2 Å². The Morgan fingerprint density at radius 2 is 1.62 bits per heavy atom. The molecular formula is C25H21ClF3N5. The van der Waals surface area contributed by atoms with E-state index in [1.54, 1.807) is 6.92 Å². The molecule has 1 saturated heterocycles. The molecule has 0 atom stereocenters. The van der Waals surface area contributed by atoms with Gasteiger partial charge < -0.3 is 4.90 Å². The third-order valence-corrected chi connectivity index (χ3v) is 6.13. The molecule has 0 aliphatic carbocycles. The lowest BCUT2D eigenvalue weighted by atomic mass is 9.96. The number of nitrogens with zero attached hydrogens (tertiary/aromatic N) is 4. The van der Waals surface area contributed by atoms with Crippen LogP contribution in [0.2, 0.25) is 0 Å². The van der Waals surface area contributed by atoms with Crippen molar-refractivity contribution in [3.63, 3.8) is 0 Å². The lowest BCUT2D eigenvalue weighted by Crippen LogP contribution is -2.29. The van der Waals surface area contributed by atoms with Gasteiger partial charge in [0.1, 0.15) is 5.82 Å². The second-order valence-electron chi connectivity index (χ2n) is 8.16. The second-order valence-corrected chi connectivity index (χ2v) is 8.16. The first-order valence-electron chi connectivity index (χ1n) is 10.7. The number of anilines is 1. The largest absolute Gasteiger partial charge is 0.372 e. The first kappa shape index (κ1) is 23.6. The molecule has 2 aromatic carbocycles. The summed E-state index contributed by atoms with van der Waals surface area (Å²) in [4.78, 5) is 10.2. The number of H-pyrrole nitrogens is 1. The van der Waals surface area contributed by atoms with E-state index in [9.17, 15) is 13.2 Å². The molecular weight excluding hydrogens is 463 g/mol. The van der Waals surface area contributed by atoms with E-state index in [-0.39, 0.29) is 29.4 Å². The quantitative estimate of drug-likeness (QED) is 0.252. The van der Waals surface area contributed by atoms with Crippen LogP contribution in [-0.4, -0.2) is 28.3 Å². The fraction of sp³-hybridized carbons (Fsp3) is 0.240. The minimum atomic E-state index is -1.38. The molecule has 34 heavy (non-hydrogen) atoms. The number of fused-ring (bicyclic) bond motifs is 1. The van der Waals surface area contributed by atoms with Crippen LogP contribution in [0.3, 0.4) is 0 Å². The smallest absolute Gasteiger partial charge is 0.221 e. The average Bonchev–Trinajstić information content (AvgIpc) is 3.21. The van der Waals surface area contributed by atoms with E-state index in [0.29, 0.717) is 28.3 Å². The lowest BCUT2D eigenvalue weighted by Gasteiger charge is -2.29. The van der Waals surface area contributed by atoms with Crippen molar-refractivity contribution >= 4 is 34.8 Å². The molecule has 0 saturated carbocycles. The van der Waals surface area contributed by atoms with Crippen molar-refractivity contribution in [1.29, 1.82) is 0 Å². The molecule has 5 nitrogen and oxygen atoms in total. The Bertz CT molecular complexity index is 1400. The van der Waals surface area contributed by atoms with Crippen LogP contribution in [0.15, 0.2) is 36.4 Å². The normalized spacial score (nSPS) is 13.6. The summed E-state index contributed by atoms with van der Waals surface area (Å²) in [7, 11) is 0. The number of halogens is 4. The molecule has 1 aliphatic heterocycles. The molecule has 4 aromatic rings. The lowest BCUT2D eigenvalue weighted by molar-refractivity contribution is 0.498. The number of nitrogens with one attached hydrogen (secondary N) is 1. The summed E-state index contributed by atoms with van der Waals surface area (Å²) in [6, 6.07) is 9.29. The number of hydrogen-bond acceptors (Lipinski definition) is 3. The van der Waals surface area contributed by atoms with Crippen LogP contribution < -0.4 is 4.90 Å². The van der Waals surface area contributed by atoms with Gasteiger partial charge in [-0.1, -0.05) is 12.1 Å². The summed E-state index contributed by atoms with van der Waals surface area (Å²) < 4.78 is 43.3. The van der Waals surface area contributed by atoms with E-state index in [0.717, 1.165) is 37.7 Å². The molecule has 2 aromatic heterocycles. The number of aryl methyl sites for hydroxylation is 1. The van der Waals surface area contributed by atoms with Gasteiger partial charge in [-0.05, 0) is 56.0 Å². The zero-order chi connectivity index (χ0) is 23.1. The Morgan fingerprint density at radius 3 is 2.29 bits per heavy atom. The third-order valence-electron chi connectivity index (χ3n) is 6.13. The Labute approximate surface area is 200 Å². The van der Waals surface area contributed by atoms with Crippen molar-refractivity contribution < 1.29 is 13.2 Å². The van der Waals surface area contributed by atoms with Gasteiger partial charge in [0.2, 0.25) is 5.69 Å². The summed E-state index contributed by atoms with van der Waals surface area (Å²) >= 11 is 0. The van der Waals surface area contributed by atoms with Gasteiger partial charge in [0.25, 0.3) is 0 Å². The van der Waals surface area contributed by atoms with Gasteiger partial charge >= 0.3 is 0 Å². The molecule has 0 bridgehead atoms. The van der Waals surface area contributed by atoms with E-state index >= 15 is 0 Å². The van der Waals surface area contributed by atoms with Gasteiger partial charge in [-0.25, -0.2) is 23.0 Å². The summed E-state index contributed by atoms with van der Waals surface area (Å²) in [6.07, 6.45) is 3.53. The van der Waals surface area contributed by atoms with Crippen LogP contribution >= 0.6 is 12.4 Å². The van der Waals surface area contributed by atoms with Crippen LogP contribution in [0.4, 0.5) is 24.5 Å². The highest BCUT2D eigenvalue weighted by molar-refractivity contribution is 6.06. The number of hydrogen-bond donors (Lipinski definition) is 1. The molecule has 0 radical (unpaired) electrons. The number of benzene rings is 2. The van der Waals surface area contributed by atoms with Gasteiger partial charge in [0.05, 0.1) is 17.8 Å². The number of rotatable bonds is 3. The number of aromatic amines is 1. The standard InChI is InChI=1S/C25H20F3N5.ClH/c1-14-19-20(15-6-8-16(9-7-15)33-12-4-3-5-13-33)23(29-2)24(30-25(19)32-31-14)21-17(26)10-11-18(27)22(21)28;/h6-11H,3-5,12-13H2,1H3,(H,30,31,32);1H. The fourth-order valence-corrected chi connectivity index (χ4v) is 4.49. The molecule has 1 fully saturated rings. The highest BCUT2D eigenvalue weighted by Gasteiger charge is 2.26. The predicted molar refractivity (Wildman–Crippen MR) is 129 cm³/mol. The predicted octanol–water partition coefficient (Wildman–Crippen LogP) is 6.98. The maximum Gasteiger partial charge on any atom is 0.221 e.